The molecule has 0 aromatic heterocycles. The van der Waals surface area contributed by atoms with Crippen LogP contribution in [0.15, 0.2) is 42.5 Å². The Morgan fingerprint density at radius 1 is 1.11 bits per heavy atom. The number of fused-ring (bicyclic) bond motifs is 2. The first-order chi connectivity index (χ1) is 9.20. The molecule has 1 aliphatic rings. The van der Waals surface area contributed by atoms with E-state index in [1.165, 1.54) is 0 Å². The van der Waals surface area contributed by atoms with Crippen molar-refractivity contribution in [3.63, 3.8) is 0 Å². The van der Waals surface area contributed by atoms with E-state index in [0.717, 1.165) is 28.7 Å². The van der Waals surface area contributed by atoms with Crippen molar-refractivity contribution >= 4 is 17.9 Å². The van der Waals surface area contributed by atoms with E-state index in [1.807, 2.05) is 30.3 Å². The first-order valence-electron chi connectivity index (χ1n) is 6.15. The Morgan fingerprint density at radius 2 is 1.89 bits per heavy atom. The van der Waals surface area contributed by atoms with Crippen LogP contribution in [0, 0.1) is 0 Å². The Balaban J connectivity index is 2.21. The predicted octanol–water partition coefficient (Wildman–Crippen LogP) is 2.68. The zero-order valence-electron chi connectivity index (χ0n) is 10.6. The van der Waals surface area contributed by atoms with Crippen LogP contribution in [0.3, 0.4) is 0 Å². The van der Waals surface area contributed by atoms with Gasteiger partial charge in [0.25, 0.3) is 5.91 Å². The summed E-state index contributed by atoms with van der Waals surface area (Å²) in [5.74, 6) is -0.0302. The minimum Gasteiger partial charge on any atom is -0.311 e. The normalized spacial score (nSPS) is 13.5. The van der Waals surface area contributed by atoms with E-state index in [2.05, 4.69) is 0 Å². The summed E-state index contributed by atoms with van der Waals surface area (Å²) in [6.07, 6.45) is 1.51. The summed E-state index contributed by atoms with van der Waals surface area (Å²) in [7, 11) is 1.75. The van der Waals surface area contributed by atoms with Crippen molar-refractivity contribution in [2.75, 3.05) is 11.9 Å². The molecule has 0 atom stereocenters. The third kappa shape index (κ3) is 1.83. The van der Waals surface area contributed by atoms with Crippen LogP contribution in [0.5, 0.6) is 0 Å². The minimum atomic E-state index is -0.0302. The zero-order valence-corrected chi connectivity index (χ0v) is 10.6. The van der Waals surface area contributed by atoms with Gasteiger partial charge >= 0.3 is 0 Å². The van der Waals surface area contributed by atoms with Gasteiger partial charge in [-0.1, -0.05) is 30.3 Å². The quantitative estimate of drug-likeness (QED) is 0.731. The molecule has 0 fully saturated rings. The third-order valence-electron chi connectivity index (χ3n) is 3.54. The standard InChI is InChI=1S/C16H13NO2/c1-17-15-8-11(10-18)6-7-13(15)9-12-4-2-3-5-14(12)16(17)19/h2-8,10H,9H2,1H3. The molecule has 0 bridgehead atoms. The van der Waals surface area contributed by atoms with E-state index < -0.39 is 0 Å². The van der Waals surface area contributed by atoms with Gasteiger partial charge in [0.2, 0.25) is 0 Å². The second-order valence-electron chi connectivity index (χ2n) is 4.70. The van der Waals surface area contributed by atoms with Crippen molar-refractivity contribution in [2.24, 2.45) is 0 Å². The minimum absolute atomic E-state index is 0.0302. The van der Waals surface area contributed by atoms with Crippen LogP contribution >= 0.6 is 0 Å². The van der Waals surface area contributed by atoms with Gasteiger partial charge in [-0.15, -0.1) is 0 Å². The van der Waals surface area contributed by atoms with Gasteiger partial charge in [-0.3, -0.25) is 9.59 Å². The number of benzene rings is 2. The molecule has 0 spiro atoms. The molecule has 0 radical (unpaired) electrons. The highest BCUT2D eigenvalue weighted by Gasteiger charge is 2.23. The average molecular weight is 251 g/mol. The van der Waals surface area contributed by atoms with Crippen LogP contribution < -0.4 is 4.90 Å². The average Bonchev–Trinajstić information content (AvgIpc) is 2.56. The van der Waals surface area contributed by atoms with Crippen LogP contribution in [-0.4, -0.2) is 19.2 Å². The smallest absolute Gasteiger partial charge is 0.258 e. The molecule has 0 saturated carbocycles. The predicted molar refractivity (Wildman–Crippen MR) is 73.8 cm³/mol. The lowest BCUT2D eigenvalue weighted by Crippen LogP contribution is -2.26. The lowest BCUT2D eigenvalue weighted by Gasteiger charge is -2.18. The van der Waals surface area contributed by atoms with Crippen molar-refractivity contribution in [1.29, 1.82) is 0 Å². The summed E-state index contributed by atoms with van der Waals surface area (Å²) in [4.78, 5) is 24.9. The molecule has 0 N–H and O–H groups in total. The van der Waals surface area contributed by atoms with Crippen molar-refractivity contribution in [2.45, 2.75) is 6.42 Å². The lowest BCUT2D eigenvalue weighted by atomic mass is 10.00. The fourth-order valence-electron chi connectivity index (χ4n) is 2.49. The van der Waals surface area contributed by atoms with Crippen LogP contribution in [0.25, 0.3) is 0 Å². The third-order valence-corrected chi connectivity index (χ3v) is 3.54. The number of hydrogen-bond acceptors (Lipinski definition) is 2. The highest BCUT2D eigenvalue weighted by atomic mass is 16.2. The van der Waals surface area contributed by atoms with Gasteiger partial charge in [-0.2, -0.15) is 0 Å². The fraction of sp³-hybridized carbons (Fsp3) is 0.125. The Kier molecular flexibility index (Phi) is 2.67. The van der Waals surface area contributed by atoms with Crippen LogP contribution in [0.4, 0.5) is 5.69 Å². The molecule has 2 aromatic carbocycles. The summed E-state index contributed by atoms with van der Waals surface area (Å²) in [6.45, 7) is 0. The fourth-order valence-corrected chi connectivity index (χ4v) is 2.49. The number of hydrogen-bond donors (Lipinski definition) is 0. The van der Waals surface area contributed by atoms with Gasteiger partial charge in [0.05, 0.1) is 0 Å². The van der Waals surface area contributed by atoms with Gasteiger partial charge in [-0.25, -0.2) is 0 Å². The molecule has 19 heavy (non-hydrogen) atoms. The molecule has 0 saturated heterocycles. The first kappa shape index (κ1) is 11.7. The van der Waals surface area contributed by atoms with Gasteiger partial charge in [0.1, 0.15) is 6.29 Å². The molecule has 1 aliphatic heterocycles. The molecule has 0 aliphatic carbocycles. The molecule has 3 rings (SSSR count). The zero-order chi connectivity index (χ0) is 13.4. The molecule has 2 aromatic rings. The maximum absolute atomic E-state index is 12.4. The second kappa shape index (κ2) is 4.35. The maximum atomic E-state index is 12.4. The Hall–Kier alpha value is -2.42. The number of aldehydes is 1. The molecule has 1 heterocycles. The maximum Gasteiger partial charge on any atom is 0.258 e. The van der Waals surface area contributed by atoms with Gasteiger partial charge in [0, 0.05) is 30.3 Å². The van der Waals surface area contributed by atoms with E-state index in [9.17, 15) is 9.59 Å². The van der Waals surface area contributed by atoms with E-state index in [4.69, 9.17) is 0 Å². The number of nitrogens with zero attached hydrogens (tertiary/aromatic N) is 1. The summed E-state index contributed by atoms with van der Waals surface area (Å²) in [5.41, 5.74) is 4.22. The molecular formula is C16H13NO2. The summed E-state index contributed by atoms with van der Waals surface area (Å²) in [6, 6.07) is 13.1. The number of anilines is 1. The summed E-state index contributed by atoms with van der Waals surface area (Å²) < 4.78 is 0. The van der Waals surface area contributed by atoms with Crippen molar-refractivity contribution in [3.8, 4) is 0 Å². The molecule has 3 heteroatoms. The SMILES string of the molecule is CN1C(=O)c2ccccc2Cc2ccc(C=O)cc21. The molecule has 94 valence electrons. The van der Waals surface area contributed by atoms with Crippen LogP contribution in [0.1, 0.15) is 31.8 Å². The highest BCUT2D eigenvalue weighted by Crippen LogP contribution is 2.30. The summed E-state index contributed by atoms with van der Waals surface area (Å²) >= 11 is 0. The number of carbonyl (C=O) groups is 2. The Bertz CT molecular complexity index is 676. The van der Waals surface area contributed by atoms with E-state index in [-0.39, 0.29) is 5.91 Å². The van der Waals surface area contributed by atoms with Crippen molar-refractivity contribution in [1.82, 2.24) is 0 Å². The topological polar surface area (TPSA) is 37.4 Å². The van der Waals surface area contributed by atoms with Crippen LogP contribution in [0.2, 0.25) is 0 Å². The van der Waals surface area contributed by atoms with Crippen LogP contribution in [-0.2, 0) is 6.42 Å². The lowest BCUT2D eigenvalue weighted by molar-refractivity contribution is 0.0992. The number of carbonyl (C=O) groups excluding carboxylic acids is 2. The number of amides is 1. The van der Waals surface area contributed by atoms with Gasteiger partial charge in [-0.05, 0) is 23.3 Å². The first-order valence-corrected chi connectivity index (χ1v) is 6.15. The largest absolute Gasteiger partial charge is 0.311 e. The van der Waals surface area contributed by atoms with Gasteiger partial charge < -0.3 is 4.90 Å². The highest BCUT2D eigenvalue weighted by molar-refractivity contribution is 6.08. The van der Waals surface area contributed by atoms with Gasteiger partial charge in [0.15, 0.2) is 0 Å². The Labute approximate surface area is 111 Å². The van der Waals surface area contributed by atoms with E-state index in [1.54, 1.807) is 24.1 Å². The summed E-state index contributed by atoms with van der Waals surface area (Å²) in [5, 5.41) is 0. The van der Waals surface area contributed by atoms with E-state index in [0.29, 0.717) is 12.0 Å². The molecule has 3 nitrogen and oxygen atoms in total. The van der Waals surface area contributed by atoms with Crippen molar-refractivity contribution in [3.05, 3.63) is 64.7 Å². The number of rotatable bonds is 1. The molecule has 1 amide bonds. The monoisotopic (exact) mass is 251 g/mol. The van der Waals surface area contributed by atoms with Crippen molar-refractivity contribution < 1.29 is 9.59 Å². The van der Waals surface area contributed by atoms with E-state index >= 15 is 0 Å². The molecule has 0 unspecified atom stereocenters. The Morgan fingerprint density at radius 3 is 2.68 bits per heavy atom. The second-order valence-corrected chi connectivity index (χ2v) is 4.70. The molecular weight excluding hydrogens is 238 g/mol.